The minimum atomic E-state index is 0.207. The van der Waals surface area contributed by atoms with Gasteiger partial charge in [0.15, 0.2) is 0 Å². The van der Waals surface area contributed by atoms with Crippen LogP contribution in [0.5, 0.6) is 0 Å². The fraction of sp³-hybridized carbons (Fsp3) is 0.400. The summed E-state index contributed by atoms with van der Waals surface area (Å²) in [5, 5.41) is 15.4. The standard InChI is InChI=1S/C15H20N2OS/c1-11(15(10-18)19-2)17-8-12-3-4-14-9-16-6-5-13(14)7-12/h3-7,9,11,15,17-18H,8,10H2,1-2H3. The molecule has 1 heterocycles. The molecule has 2 aromatic rings. The van der Waals surface area contributed by atoms with Crippen molar-refractivity contribution in [2.75, 3.05) is 12.9 Å². The number of aromatic nitrogens is 1. The molecule has 1 aromatic heterocycles. The Morgan fingerprint density at radius 2 is 2.16 bits per heavy atom. The number of benzene rings is 1. The first-order valence-electron chi connectivity index (χ1n) is 6.44. The number of aliphatic hydroxyl groups excluding tert-OH is 1. The van der Waals surface area contributed by atoms with E-state index in [0.717, 1.165) is 11.9 Å². The molecule has 19 heavy (non-hydrogen) atoms. The lowest BCUT2D eigenvalue weighted by atomic mass is 10.1. The van der Waals surface area contributed by atoms with Crippen molar-refractivity contribution in [3.63, 3.8) is 0 Å². The van der Waals surface area contributed by atoms with Crippen molar-refractivity contribution < 1.29 is 5.11 Å². The van der Waals surface area contributed by atoms with Gasteiger partial charge < -0.3 is 10.4 Å². The topological polar surface area (TPSA) is 45.1 Å². The third-order valence-electron chi connectivity index (χ3n) is 3.37. The summed E-state index contributed by atoms with van der Waals surface area (Å²) in [6.07, 6.45) is 5.73. The second-order valence-corrected chi connectivity index (χ2v) is 5.76. The van der Waals surface area contributed by atoms with Crippen molar-refractivity contribution in [1.29, 1.82) is 0 Å². The number of rotatable bonds is 6. The van der Waals surface area contributed by atoms with Gasteiger partial charge in [-0.25, -0.2) is 0 Å². The Balaban J connectivity index is 2.01. The maximum atomic E-state index is 9.27. The lowest BCUT2D eigenvalue weighted by Crippen LogP contribution is -2.37. The largest absolute Gasteiger partial charge is 0.395 e. The number of aliphatic hydroxyl groups is 1. The Morgan fingerprint density at radius 3 is 2.89 bits per heavy atom. The van der Waals surface area contributed by atoms with E-state index >= 15 is 0 Å². The van der Waals surface area contributed by atoms with Crippen LogP contribution in [0.25, 0.3) is 10.8 Å². The monoisotopic (exact) mass is 276 g/mol. The van der Waals surface area contributed by atoms with Crippen LogP contribution < -0.4 is 5.32 Å². The molecule has 2 N–H and O–H groups in total. The van der Waals surface area contributed by atoms with E-state index in [2.05, 4.69) is 35.4 Å². The van der Waals surface area contributed by atoms with Crippen LogP contribution in [0.4, 0.5) is 0 Å². The van der Waals surface area contributed by atoms with Crippen molar-refractivity contribution in [3.8, 4) is 0 Å². The van der Waals surface area contributed by atoms with Gasteiger partial charge in [0.1, 0.15) is 0 Å². The SMILES string of the molecule is CSC(CO)C(C)NCc1ccc2cnccc2c1. The molecule has 0 aliphatic carbocycles. The summed E-state index contributed by atoms with van der Waals surface area (Å²) in [5.74, 6) is 0. The van der Waals surface area contributed by atoms with E-state index in [1.54, 1.807) is 11.8 Å². The first-order chi connectivity index (χ1) is 9.24. The lowest BCUT2D eigenvalue weighted by molar-refractivity contribution is 0.276. The van der Waals surface area contributed by atoms with Crippen molar-refractivity contribution in [1.82, 2.24) is 10.3 Å². The smallest absolute Gasteiger partial charge is 0.0564 e. The van der Waals surface area contributed by atoms with E-state index in [1.165, 1.54) is 10.9 Å². The van der Waals surface area contributed by atoms with E-state index in [9.17, 15) is 5.11 Å². The molecule has 0 saturated carbocycles. The van der Waals surface area contributed by atoms with Gasteiger partial charge in [0.05, 0.1) is 6.61 Å². The minimum Gasteiger partial charge on any atom is -0.395 e. The summed E-state index contributed by atoms with van der Waals surface area (Å²) in [6, 6.07) is 8.72. The molecule has 0 aliphatic heterocycles. The summed E-state index contributed by atoms with van der Waals surface area (Å²) in [7, 11) is 0. The zero-order valence-corrected chi connectivity index (χ0v) is 12.2. The molecule has 3 nitrogen and oxygen atoms in total. The van der Waals surface area contributed by atoms with Crippen LogP contribution in [0.15, 0.2) is 36.7 Å². The first kappa shape index (κ1) is 14.3. The van der Waals surface area contributed by atoms with Crippen LogP contribution >= 0.6 is 11.8 Å². The molecule has 2 rings (SSSR count). The Hall–Kier alpha value is -1.10. The number of pyridine rings is 1. The number of hydrogen-bond donors (Lipinski definition) is 2. The van der Waals surface area contributed by atoms with Crippen LogP contribution in [0.1, 0.15) is 12.5 Å². The maximum Gasteiger partial charge on any atom is 0.0564 e. The van der Waals surface area contributed by atoms with E-state index in [4.69, 9.17) is 0 Å². The van der Waals surface area contributed by atoms with Gasteiger partial charge in [0.25, 0.3) is 0 Å². The van der Waals surface area contributed by atoms with Crippen LogP contribution in [0, 0.1) is 0 Å². The van der Waals surface area contributed by atoms with E-state index in [-0.39, 0.29) is 17.9 Å². The molecule has 0 spiro atoms. The Labute approximate surface area is 118 Å². The second kappa shape index (κ2) is 6.89. The van der Waals surface area contributed by atoms with Gasteiger partial charge in [0.2, 0.25) is 0 Å². The van der Waals surface area contributed by atoms with Gasteiger partial charge >= 0.3 is 0 Å². The lowest BCUT2D eigenvalue weighted by Gasteiger charge is -2.21. The van der Waals surface area contributed by atoms with Crippen LogP contribution in [-0.4, -0.2) is 34.2 Å². The summed E-state index contributed by atoms with van der Waals surface area (Å²) in [4.78, 5) is 4.12. The van der Waals surface area contributed by atoms with Gasteiger partial charge in [-0.05, 0) is 36.3 Å². The molecule has 0 fully saturated rings. The number of thioether (sulfide) groups is 1. The molecule has 102 valence electrons. The molecule has 0 aliphatic rings. The Morgan fingerprint density at radius 1 is 1.32 bits per heavy atom. The predicted molar refractivity (Wildman–Crippen MR) is 82.4 cm³/mol. The maximum absolute atomic E-state index is 9.27. The fourth-order valence-corrected chi connectivity index (χ4v) is 2.74. The quantitative estimate of drug-likeness (QED) is 0.850. The highest BCUT2D eigenvalue weighted by atomic mass is 32.2. The highest BCUT2D eigenvalue weighted by molar-refractivity contribution is 7.99. The predicted octanol–water partition coefficient (Wildman–Crippen LogP) is 2.44. The van der Waals surface area contributed by atoms with Crippen molar-refractivity contribution >= 4 is 22.5 Å². The van der Waals surface area contributed by atoms with Gasteiger partial charge in [-0.1, -0.05) is 12.1 Å². The molecule has 1 aromatic carbocycles. The molecule has 2 unspecified atom stereocenters. The molecule has 0 bridgehead atoms. The zero-order chi connectivity index (χ0) is 13.7. The Bertz CT molecular complexity index is 528. The van der Waals surface area contributed by atoms with Gasteiger partial charge in [-0.3, -0.25) is 4.98 Å². The van der Waals surface area contributed by atoms with Gasteiger partial charge in [-0.2, -0.15) is 11.8 Å². The summed E-state index contributed by atoms with van der Waals surface area (Å²) < 4.78 is 0. The van der Waals surface area contributed by atoms with Crippen molar-refractivity contribution in [2.24, 2.45) is 0 Å². The van der Waals surface area contributed by atoms with E-state index in [1.807, 2.05) is 24.7 Å². The highest BCUT2D eigenvalue weighted by Gasteiger charge is 2.14. The normalized spacial score (nSPS) is 14.5. The molecular formula is C15H20N2OS. The molecular weight excluding hydrogens is 256 g/mol. The van der Waals surface area contributed by atoms with Crippen LogP contribution in [0.2, 0.25) is 0 Å². The van der Waals surface area contributed by atoms with Gasteiger partial charge in [0, 0.05) is 35.6 Å². The number of fused-ring (bicyclic) bond motifs is 1. The third kappa shape index (κ3) is 3.69. The molecule has 2 atom stereocenters. The van der Waals surface area contributed by atoms with Crippen LogP contribution in [-0.2, 0) is 6.54 Å². The molecule has 0 amide bonds. The number of nitrogens with one attached hydrogen (secondary N) is 1. The molecule has 4 heteroatoms. The first-order valence-corrected chi connectivity index (χ1v) is 7.73. The highest BCUT2D eigenvalue weighted by Crippen LogP contribution is 2.15. The van der Waals surface area contributed by atoms with Crippen molar-refractivity contribution in [2.45, 2.75) is 24.8 Å². The summed E-state index contributed by atoms with van der Waals surface area (Å²) in [6.45, 7) is 3.14. The molecule has 0 radical (unpaired) electrons. The summed E-state index contributed by atoms with van der Waals surface area (Å²) >= 11 is 1.69. The van der Waals surface area contributed by atoms with E-state index < -0.39 is 0 Å². The fourth-order valence-electron chi connectivity index (χ4n) is 2.09. The second-order valence-electron chi connectivity index (χ2n) is 4.68. The zero-order valence-electron chi connectivity index (χ0n) is 11.3. The average Bonchev–Trinajstić information content (AvgIpc) is 2.46. The minimum absolute atomic E-state index is 0.207. The number of nitrogens with zero attached hydrogens (tertiary/aromatic N) is 1. The van der Waals surface area contributed by atoms with Crippen molar-refractivity contribution in [3.05, 3.63) is 42.2 Å². The third-order valence-corrected chi connectivity index (χ3v) is 4.54. The Kier molecular flexibility index (Phi) is 5.19. The van der Waals surface area contributed by atoms with Crippen LogP contribution in [0.3, 0.4) is 0 Å². The average molecular weight is 276 g/mol. The molecule has 0 saturated heterocycles. The number of hydrogen-bond acceptors (Lipinski definition) is 4. The van der Waals surface area contributed by atoms with E-state index in [0.29, 0.717) is 0 Å². The van der Waals surface area contributed by atoms with Gasteiger partial charge in [-0.15, -0.1) is 0 Å². The summed E-state index contributed by atoms with van der Waals surface area (Å²) in [5.41, 5.74) is 1.25.